The molecule has 0 aliphatic rings. The molecule has 0 fully saturated rings. The van der Waals surface area contributed by atoms with E-state index in [1.54, 1.807) is 13.0 Å². The molecule has 20 heavy (non-hydrogen) atoms. The Bertz CT molecular complexity index is 559. The van der Waals surface area contributed by atoms with Gasteiger partial charge in [-0.25, -0.2) is 13.1 Å². The highest BCUT2D eigenvalue weighted by molar-refractivity contribution is 7.89. The molecule has 0 spiro atoms. The van der Waals surface area contributed by atoms with Crippen molar-refractivity contribution < 1.29 is 8.42 Å². The van der Waals surface area contributed by atoms with Crippen LogP contribution in [-0.4, -0.2) is 14.5 Å². The Morgan fingerprint density at radius 3 is 2.50 bits per heavy atom. The van der Waals surface area contributed by atoms with Crippen molar-refractivity contribution in [3.63, 3.8) is 0 Å². The maximum atomic E-state index is 12.5. The first-order valence-electron chi connectivity index (χ1n) is 6.87. The number of sulfonamides is 1. The van der Waals surface area contributed by atoms with Gasteiger partial charge in [-0.2, -0.15) is 0 Å². The summed E-state index contributed by atoms with van der Waals surface area (Å²) in [4.78, 5) is 0.222. The largest absolute Gasteiger partial charge is 0.326 e. The fourth-order valence-corrected chi connectivity index (χ4v) is 4.15. The van der Waals surface area contributed by atoms with E-state index < -0.39 is 10.0 Å². The smallest absolute Gasteiger partial charge is 0.241 e. The van der Waals surface area contributed by atoms with Gasteiger partial charge in [0, 0.05) is 17.6 Å². The molecule has 1 rings (SSSR count). The van der Waals surface area contributed by atoms with E-state index in [0.717, 1.165) is 24.8 Å². The van der Waals surface area contributed by atoms with Crippen LogP contribution in [0.15, 0.2) is 17.0 Å². The van der Waals surface area contributed by atoms with Gasteiger partial charge in [-0.15, -0.1) is 0 Å². The first-order valence-corrected chi connectivity index (χ1v) is 8.73. The van der Waals surface area contributed by atoms with Crippen LogP contribution in [0.3, 0.4) is 0 Å². The summed E-state index contributed by atoms with van der Waals surface area (Å²) in [5, 5.41) is 0.389. The van der Waals surface area contributed by atoms with E-state index in [1.165, 1.54) is 6.07 Å². The van der Waals surface area contributed by atoms with Gasteiger partial charge in [0.15, 0.2) is 0 Å². The zero-order valence-corrected chi connectivity index (χ0v) is 13.8. The van der Waals surface area contributed by atoms with Crippen molar-refractivity contribution in [3.05, 3.63) is 28.3 Å². The number of nitrogens with one attached hydrogen (secondary N) is 1. The molecule has 1 unspecified atom stereocenters. The summed E-state index contributed by atoms with van der Waals surface area (Å²) in [6.07, 6.45) is 2.51. The molecule has 3 N–H and O–H groups in total. The van der Waals surface area contributed by atoms with E-state index in [9.17, 15) is 8.42 Å². The summed E-state index contributed by atoms with van der Waals surface area (Å²) < 4.78 is 27.8. The van der Waals surface area contributed by atoms with Gasteiger partial charge in [-0.05, 0) is 43.0 Å². The summed E-state index contributed by atoms with van der Waals surface area (Å²) in [5.74, 6) is 0. The fourth-order valence-electron chi connectivity index (χ4n) is 2.18. The van der Waals surface area contributed by atoms with Crippen LogP contribution in [0.1, 0.15) is 44.2 Å². The first-order chi connectivity index (χ1) is 9.35. The highest BCUT2D eigenvalue weighted by Gasteiger charge is 2.22. The quantitative estimate of drug-likeness (QED) is 0.811. The molecule has 0 bridgehead atoms. The van der Waals surface area contributed by atoms with E-state index in [4.69, 9.17) is 17.3 Å². The third-order valence-corrected chi connectivity index (χ3v) is 5.26. The minimum absolute atomic E-state index is 0.0512. The van der Waals surface area contributed by atoms with Crippen LogP contribution in [0.25, 0.3) is 0 Å². The minimum atomic E-state index is -3.57. The van der Waals surface area contributed by atoms with Gasteiger partial charge < -0.3 is 5.73 Å². The minimum Gasteiger partial charge on any atom is -0.326 e. The molecule has 4 nitrogen and oxygen atoms in total. The van der Waals surface area contributed by atoms with Crippen molar-refractivity contribution >= 4 is 21.6 Å². The van der Waals surface area contributed by atoms with Crippen molar-refractivity contribution in [2.24, 2.45) is 5.73 Å². The highest BCUT2D eigenvalue weighted by Crippen LogP contribution is 2.24. The molecule has 0 saturated carbocycles. The van der Waals surface area contributed by atoms with E-state index >= 15 is 0 Å². The normalized spacial score (nSPS) is 13.4. The molecule has 0 heterocycles. The number of rotatable bonds is 7. The van der Waals surface area contributed by atoms with Gasteiger partial charge in [-0.3, -0.25) is 0 Å². The number of nitrogens with two attached hydrogens (primary N) is 1. The maximum absolute atomic E-state index is 12.5. The summed E-state index contributed by atoms with van der Waals surface area (Å²) in [7, 11) is -3.57. The molecule has 0 amide bonds. The molecular formula is C14H23ClN2O2S. The molecule has 1 aromatic rings. The zero-order valence-electron chi connectivity index (χ0n) is 12.2. The Morgan fingerprint density at radius 2 is 2.00 bits per heavy atom. The van der Waals surface area contributed by atoms with Crippen molar-refractivity contribution in [2.45, 2.75) is 57.5 Å². The van der Waals surface area contributed by atoms with Crippen molar-refractivity contribution in [2.75, 3.05) is 0 Å². The second-order valence-corrected chi connectivity index (χ2v) is 7.03. The topological polar surface area (TPSA) is 72.2 Å². The molecular weight excluding hydrogens is 296 g/mol. The van der Waals surface area contributed by atoms with E-state index in [2.05, 4.69) is 4.72 Å². The van der Waals surface area contributed by atoms with E-state index in [-0.39, 0.29) is 17.5 Å². The van der Waals surface area contributed by atoms with Crippen LogP contribution in [-0.2, 0) is 16.6 Å². The van der Waals surface area contributed by atoms with Gasteiger partial charge in [-0.1, -0.05) is 31.9 Å². The van der Waals surface area contributed by atoms with Gasteiger partial charge in [0.1, 0.15) is 0 Å². The molecule has 1 atom stereocenters. The van der Waals surface area contributed by atoms with Gasteiger partial charge in [0.25, 0.3) is 0 Å². The molecule has 114 valence electrons. The lowest BCUT2D eigenvalue weighted by molar-refractivity contribution is 0.512. The summed E-state index contributed by atoms with van der Waals surface area (Å²) in [6.45, 7) is 6.03. The molecule has 0 radical (unpaired) electrons. The van der Waals surface area contributed by atoms with Crippen LogP contribution >= 0.6 is 11.6 Å². The van der Waals surface area contributed by atoms with Crippen molar-refractivity contribution in [1.82, 2.24) is 4.72 Å². The van der Waals surface area contributed by atoms with Gasteiger partial charge in [0.2, 0.25) is 10.0 Å². The Labute approximate surface area is 126 Å². The van der Waals surface area contributed by atoms with Crippen LogP contribution in [0.4, 0.5) is 0 Å². The fraction of sp³-hybridized carbons (Fsp3) is 0.571. The number of hydrogen-bond donors (Lipinski definition) is 2. The standard InChI is InChI=1S/C14H23ClN2O2S/c1-4-6-13(5-2)17-20(18,19)14-8-12(15)7-11(9-16)10(14)3/h7-8,13,17H,4-6,9,16H2,1-3H3. The number of halogens is 1. The average molecular weight is 319 g/mol. The van der Waals surface area contributed by atoms with E-state index in [0.29, 0.717) is 10.6 Å². The van der Waals surface area contributed by atoms with Crippen LogP contribution in [0.2, 0.25) is 5.02 Å². The van der Waals surface area contributed by atoms with Crippen LogP contribution in [0.5, 0.6) is 0 Å². The van der Waals surface area contributed by atoms with Gasteiger partial charge >= 0.3 is 0 Å². The third-order valence-electron chi connectivity index (χ3n) is 3.39. The second-order valence-electron chi connectivity index (χ2n) is 4.91. The first kappa shape index (κ1) is 17.4. The predicted octanol–water partition coefficient (Wildman–Crippen LogP) is 2.96. The van der Waals surface area contributed by atoms with Crippen molar-refractivity contribution in [3.8, 4) is 0 Å². The molecule has 0 saturated heterocycles. The zero-order chi connectivity index (χ0) is 15.3. The Balaban J connectivity index is 3.18. The Kier molecular flexibility index (Phi) is 6.45. The number of hydrogen-bond acceptors (Lipinski definition) is 3. The lowest BCUT2D eigenvalue weighted by atomic mass is 10.1. The molecule has 0 aromatic heterocycles. The van der Waals surface area contributed by atoms with E-state index in [1.807, 2.05) is 13.8 Å². The average Bonchev–Trinajstić information content (AvgIpc) is 2.40. The predicted molar refractivity (Wildman–Crippen MR) is 83.4 cm³/mol. The van der Waals surface area contributed by atoms with Gasteiger partial charge in [0.05, 0.1) is 4.90 Å². The maximum Gasteiger partial charge on any atom is 0.241 e. The van der Waals surface area contributed by atoms with Crippen LogP contribution in [0, 0.1) is 6.92 Å². The molecule has 0 aliphatic carbocycles. The Morgan fingerprint density at radius 1 is 1.35 bits per heavy atom. The monoisotopic (exact) mass is 318 g/mol. The third kappa shape index (κ3) is 4.19. The molecule has 1 aromatic carbocycles. The summed E-state index contributed by atoms with van der Waals surface area (Å²) in [6, 6.07) is 3.14. The van der Waals surface area contributed by atoms with Crippen molar-refractivity contribution in [1.29, 1.82) is 0 Å². The van der Waals surface area contributed by atoms with Crippen LogP contribution < -0.4 is 10.5 Å². The molecule has 0 aliphatic heterocycles. The lowest BCUT2D eigenvalue weighted by Crippen LogP contribution is -2.34. The molecule has 6 heteroatoms. The summed E-state index contributed by atoms with van der Waals surface area (Å²) >= 11 is 5.99. The highest BCUT2D eigenvalue weighted by atomic mass is 35.5. The number of benzene rings is 1. The second kappa shape index (κ2) is 7.41. The lowest BCUT2D eigenvalue weighted by Gasteiger charge is -2.18. The SMILES string of the molecule is CCCC(CC)NS(=O)(=O)c1cc(Cl)cc(CN)c1C. The summed E-state index contributed by atoms with van der Waals surface area (Å²) in [5.41, 5.74) is 7.05. The Hall–Kier alpha value is -0.620.